The van der Waals surface area contributed by atoms with Crippen LogP contribution in [-0.2, 0) is 0 Å². The lowest BCUT2D eigenvalue weighted by atomic mass is 10.1. The van der Waals surface area contributed by atoms with E-state index in [9.17, 15) is 5.21 Å². The van der Waals surface area contributed by atoms with Crippen LogP contribution in [0.25, 0.3) is 22.4 Å². The molecule has 0 amide bonds. The lowest BCUT2D eigenvalue weighted by molar-refractivity contribution is 0.203. The molecule has 0 aliphatic rings. The lowest BCUT2D eigenvalue weighted by Gasteiger charge is -2.02. The summed E-state index contributed by atoms with van der Waals surface area (Å²) in [5, 5.41) is 19.2. The molecule has 0 aliphatic heterocycles. The van der Waals surface area contributed by atoms with E-state index in [-0.39, 0.29) is 6.73 Å². The van der Waals surface area contributed by atoms with Crippen LogP contribution in [0.15, 0.2) is 53.5 Å². The van der Waals surface area contributed by atoms with Crippen LogP contribution in [0.3, 0.4) is 0 Å². The summed E-state index contributed by atoms with van der Waals surface area (Å²) < 4.78 is 1.08. The summed E-state index contributed by atoms with van der Waals surface area (Å²) in [5.41, 5.74) is 3.71. The third-order valence-corrected chi connectivity index (χ3v) is 3.39. The topological polar surface area (TPSA) is 70.6 Å². The van der Waals surface area contributed by atoms with Gasteiger partial charge in [-0.2, -0.15) is 4.73 Å². The van der Waals surface area contributed by atoms with Gasteiger partial charge >= 0.3 is 0 Å². The highest BCUT2D eigenvalue weighted by Gasteiger charge is 2.12. The Kier molecular flexibility index (Phi) is 3.41. The number of aromatic nitrogens is 2. The molecule has 1 heterocycles. The second-order valence-electron chi connectivity index (χ2n) is 4.70. The van der Waals surface area contributed by atoms with Gasteiger partial charge in [0.1, 0.15) is 12.2 Å². The Labute approximate surface area is 121 Å². The minimum Gasteiger partial charge on any atom is -0.426 e. The van der Waals surface area contributed by atoms with Crippen molar-refractivity contribution < 1.29 is 10.3 Å². The molecule has 0 radical (unpaired) electrons. The van der Waals surface area contributed by atoms with Gasteiger partial charge in [0.25, 0.3) is 0 Å². The molecule has 2 aromatic carbocycles. The molecule has 3 rings (SSSR count). The number of imidazole rings is 1. The minimum absolute atomic E-state index is 0.252. The Morgan fingerprint density at radius 1 is 1.19 bits per heavy atom. The Morgan fingerprint density at radius 3 is 2.67 bits per heavy atom. The number of aliphatic imine (C=N–C) groups is 1. The fourth-order valence-electron chi connectivity index (χ4n) is 2.26. The fraction of sp³-hybridized carbons (Fsp3) is 0.125. The molecule has 0 bridgehead atoms. The SMILES string of the molecule is CC(=NCO)c1ccc2nc(-c3ccccc3)n(O)c2c1. The average molecular weight is 281 g/mol. The average Bonchev–Trinajstić information content (AvgIpc) is 2.85. The maximum Gasteiger partial charge on any atom is 0.176 e. The zero-order valence-corrected chi connectivity index (χ0v) is 11.6. The number of hydrogen-bond donors (Lipinski definition) is 2. The van der Waals surface area contributed by atoms with E-state index >= 15 is 0 Å². The van der Waals surface area contributed by atoms with Crippen LogP contribution in [0.5, 0.6) is 0 Å². The van der Waals surface area contributed by atoms with E-state index in [0.29, 0.717) is 22.6 Å². The zero-order valence-electron chi connectivity index (χ0n) is 11.6. The number of fused-ring (bicyclic) bond motifs is 1. The molecule has 5 heteroatoms. The van der Waals surface area contributed by atoms with Gasteiger partial charge in [-0.15, -0.1) is 0 Å². The summed E-state index contributed by atoms with van der Waals surface area (Å²) in [6.07, 6.45) is 0. The first-order valence-corrected chi connectivity index (χ1v) is 6.60. The van der Waals surface area contributed by atoms with Gasteiger partial charge in [-0.1, -0.05) is 36.4 Å². The molecule has 0 spiro atoms. The van der Waals surface area contributed by atoms with Crippen LogP contribution in [0, 0.1) is 0 Å². The molecule has 0 aliphatic carbocycles. The van der Waals surface area contributed by atoms with Gasteiger partial charge in [-0.25, -0.2) is 4.98 Å². The van der Waals surface area contributed by atoms with Crippen molar-refractivity contribution in [3.05, 3.63) is 54.1 Å². The number of rotatable bonds is 3. The number of aliphatic hydroxyl groups excluding tert-OH is 1. The van der Waals surface area contributed by atoms with Crippen molar-refractivity contribution in [3.8, 4) is 11.4 Å². The van der Waals surface area contributed by atoms with Crippen LogP contribution >= 0.6 is 0 Å². The second kappa shape index (κ2) is 5.38. The highest BCUT2D eigenvalue weighted by atomic mass is 16.5. The maximum absolute atomic E-state index is 10.3. The summed E-state index contributed by atoms with van der Waals surface area (Å²) in [5.74, 6) is 0.500. The third-order valence-electron chi connectivity index (χ3n) is 3.39. The molecule has 0 saturated heterocycles. The predicted octanol–water partition coefficient (Wildman–Crippen LogP) is 2.70. The van der Waals surface area contributed by atoms with Crippen molar-refractivity contribution in [3.63, 3.8) is 0 Å². The first-order valence-electron chi connectivity index (χ1n) is 6.60. The molecular weight excluding hydrogens is 266 g/mol. The van der Waals surface area contributed by atoms with E-state index in [1.165, 1.54) is 0 Å². The molecule has 1 aromatic heterocycles. The van der Waals surface area contributed by atoms with Crippen LogP contribution in [0.2, 0.25) is 0 Å². The molecule has 21 heavy (non-hydrogen) atoms. The van der Waals surface area contributed by atoms with Crippen molar-refractivity contribution in [2.24, 2.45) is 4.99 Å². The molecule has 0 fully saturated rings. The molecule has 106 valence electrons. The molecule has 2 N–H and O–H groups in total. The van der Waals surface area contributed by atoms with Crippen molar-refractivity contribution in [1.82, 2.24) is 9.71 Å². The molecule has 5 nitrogen and oxygen atoms in total. The van der Waals surface area contributed by atoms with Gasteiger partial charge in [0.05, 0.1) is 5.52 Å². The van der Waals surface area contributed by atoms with Gasteiger partial charge in [0, 0.05) is 11.3 Å². The number of aliphatic hydroxyl groups is 1. The zero-order chi connectivity index (χ0) is 14.8. The quantitative estimate of drug-likeness (QED) is 0.573. The largest absolute Gasteiger partial charge is 0.426 e. The van der Waals surface area contributed by atoms with Gasteiger partial charge < -0.3 is 10.3 Å². The Bertz CT molecular complexity index is 807. The Morgan fingerprint density at radius 2 is 1.95 bits per heavy atom. The van der Waals surface area contributed by atoms with Gasteiger partial charge in [0.15, 0.2) is 5.82 Å². The van der Waals surface area contributed by atoms with Gasteiger partial charge in [0.2, 0.25) is 0 Å². The molecule has 0 unspecified atom stereocenters. The molecule has 3 aromatic rings. The smallest absolute Gasteiger partial charge is 0.176 e. The van der Waals surface area contributed by atoms with Gasteiger partial charge in [-0.05, 0) is 24.6 Å². The predicted molar refractivity (Wildman–Crippen MR) is 81.7 cm³/mol. The van der Waals surface area contributed by atoms with Crippen molar-refractivity contribution in [2.75, 3.05) is 6.73 Å². The fourth-order valence-corrected chi connectivity index (χ4v) is 2.26. The summed E-state index contributed by atoms with van der Waals surface area (Å²) in [6.45, 7) is 1.56. The van der Waals surface area contributed by atoms with Crippen molar-refractivity contribution >= 4 is 16.7 Å². The Balaban J connectivity index is 2.15. The van der Waals surface area contributed by atoms with Crippen LogP contribution in [-0.4, -0.2) is 32.5 Å². The van der Waals surface area contributed by atoms with Crippen LogP contribution in [0.4, 0.5) is 0 Å². The highest BCUT2D eigenvalue weighted by Crippen LogP contribution is 2.24. The van der Waals surface area contributed by atoms with E-state index < -0.39 is 0 Å². The van der Waals surface area contributed by atoms with E-state index in [1.54, 1.807) is 0 Å². The first-order chi connectivity index (χ1) is 10.2. The summed E-state index contributed by atoms with van der Waals surface area (Å²) in [6, 6.07) is 15.0. The second-order valence-corrected chi connectivity index (χ2v) is 4.70. The standard InChI is InChI=1S/C16H15N3O2/c1-11(17-10-20)13-7-8-14-15(9-13)19(21)16(18-14)12-5-3-2-4-6-12/h2-9,20-21H,10H2,1H3. The lowest BCUT2D eigenvalue weighted by Crippen LogP contribution is -1.98. The maximum atomic E-state index is 10.3. The summed E-state index contributed by atoms with van der Waals surface area (Å²) in [7, 11) is 0. The van der Waals surface area contributed by atoms with Crippen LogP contribution in [0.1, 0.15) is 12.5 Å². The molecule has 0 saturated carbocycles. The number of hydrogen-bond acceptors (Lipinski definition) is 4. The minimum atomic E-state index is -0.252. The van der Waals surface area contributed by atoms with E-state index in [1.807, 2.05) is 55.5 Å². The first kappa shape index (κ1) is 13.3. The summed E-state index contributed by atoms with van der Waals surface area (Å²) >= 11 is 0. The Hall–Kier alpha value is -2.66. The number of nitrogens with zero attached hydrogens (tertiary/aromatic N) is 3. The number of benzene rings is 2. The normalized spacial score (nSPS) is 12.0. The van der Waals surface area contributed by atoms with E-state index in [4.69, 9.17) is 5.11 Å². The molecule has 0 atom stereocenters. The van der Waals surface area contributed by atoms with Gasteiger partial charge in [-0.3, -0.25) is 4.99 Å². The third kappa shape index (κ3) is 2.39. The highest BCUT2D eigenvalue weighted by molar-refractivity contribution is 6.01. The van der Waals surface area contributed by atoms with E-state index in [2.05, 4.69) is 9.98 Å². The van der Waals surface area contributed by atoms with Crippen molar-refractivity contribution in [2.45, 2.75) is 6.92 Å². The summed E-state index contributed by atoms with van der Waals surface area (Å²) in [4.78, 5) is 8.41. The van der Waals surface area contributed by atoms with Crippen molar-refractivity contribution in [1.29, 1.82) is 0 Å². The van der Waals surface area contributed by atoms with Crippen LogP contribution < -0.4 is 0 Å². The molecular formula is C16H15N3O2. The van der Waals surface area contributed by atoms with E-state index in [0.717, 1.165) is 15.9 Å². The monoisotopic (exact) mass is 281 g/mol.